The molecule has 1 aromatic rings. The SMILES string of the molecule is CCC[C@H](O)[C@H](N)c1c(F)cc(Br)cc1F. The van der Waals surface area contributed by atoms with Gasteiger partial charge in [0.2, 0.25) is 0 Å². The Hall–Kier alpha value is -0.520. The summed E-state index contributed by atoms with van der Waals surface area (Å²) in [5.74, 6) is -1.48. The van der Waals surface area contributed by atoms with E-state index in [-0.39, 0.29) is 5.56 Å². The smallest absolute Gasteiger partial charge is 0.132 e. The largest absolute Gasteiger partial charge is 0.391 e. The second kappa shape index (κ2) is 5.70. The molecule has 0 saturated carbocycles. The van der Waals surface area contributed by atoms with E-state index in [1.807, 2.05) is 6.92 Å². The van der Waals surface area contributed by atoms with Crippen molar-refractivity contribution in [3.63, 3.8) is 0 Å². The lowest BCUT2D eigenvalue weighted by molar-refractivity contribution is 0.131. The van der Waals surface area contributed by atoms with Gasteiger partial charge in [-0.15, -0.1) is 0 Å². The van der Waals surface area contributed by atoms with Crippen molar-refractivity contribution >= 4 is 15.9 Å². The van der Waals surface area contributed by atoms with Crippen LogP contribution in [0, 0.1) is 11.6 Å². The minimum Gasteiger partial charge on any atom is -0.391 e. The predicted molar refractivity (Wildman–Crippen MR) is 61.9 cm³/mol. The first-order valence-electron chi connectivity index (χ1n) is 5.05. The van der Waals surface area contributed by atoms with E-state index in [2.05, 4.69) is 15.9 Å². The van der Waals surface area contributed by atoms with Crippen LogP contribution in [0.1, 0.15) is 31.4 Å². The van der Waals surface area contributed by atoms with Crippen molar-refractivity contribution in [2.45, 2.75) is 31.9 Å². The van der Waals surface area contributed by atoms with Crippen LogP contribution in [0.25, 0.3) is 0 Å². The highest BCUT2D eigenvalue weighted by atomic mass is 79.9. The third-order valence-corrected chi connectivity index (χ3v) is 2.83. The van der Waals surface area contributed by atoms with Gasteiger partial charge in [0, 0.05) is 10.0 Å². The summed E-state index contributed by atoms with van der Waals surface area (Å²) in [6.45, 7) is 1.87. The highest BCUT2D eigenvalue weighted by Gasteiger charge is 2.23. The number of aliphatic hydroxyl groups is 1. The number of hydrogen-bond donors (Lipinski definition) is 2. The van der Waals surface area contributed by atoms with Crippen LogP contribution in [0.4, 0.5) is 8.78 Å². The van der Waals surface area contributed by atoms with Crippen molar-refractivity contribution in [3.05, 3.63) is 33.8 Å². The number of hydrogen-bond acceptors (Lipinski definition) is 2. The molecule has 5 heteroatoms. The maximum absolute atomic E-state index is 13.5. The first-order valence-corrected chi connectivity index (χ1v) is 5.84. The number of rotatable bonds is 4. The predicted octanol–water partition coefficient (Wildman–Crippen LogP) is 2.89. The zero-order valence-corrected chi connectivity index (χ0v) is 10.5. The summed E-state index contributed by atoms with van der Waals surface area (Å²) in [7, 11) is 0. The fraction of sp³-hybridized carbons (Fsp3) is 0.455. The molecule has 3 N–H and O–H groups in total. The summed E-state index contributed by atoms with van der Waals surface area (Å²) in [6.07, 6.45) is 0.181. The molecule has 0 aliphatic carbocycles. The minimum absolute atomic E-state index is 0.260. The quantitative estimate of drug-likeness (QED) is 0.897. The Balaban J connectivity index is 3.03. The molecule has 0 radical (unpaired) electrons. The van der Waals surface area contributed by atoms with Gasteiger partial charge in [-0.3, -0.25) is 0 Å². The van der Waals surface area contributed by atoms with Crippen molar-refractivity contribution in [3.8, 4) is 0 Å². The number of halogens is 3. The summed E-state index contributed by atoms with van der Waals surface area (Å²) in [5.41, 5.74) is 5.37. The van der Waals surface area contributed by atoms with Crippen molar-refractivity contribution in [2.24, 2.45) is 5.73 Å². The molecule has 0 bridgehead atoms. The second-order valence-corrected chi connectivity index (χ2v) is 4.58. The number of benzene rings is 1. The third kappa shape index (κ3) is 2.99. The Labute approximate surface area is 102 Å². The monoisotopic (exact) mass is 293 g/mol. The van der Waals surface area contributed by atoms with Gasteiger partial charge in [-0.1, -0.05) is 29.3 Å². The Morgan fingerprint density at radius 3 is 2.31 bits per heavy atom. The summed E-state index contributed by atoms with van der Waals surface area (Å²) >= 11 is 2.98. The molecule has 0 aliphatic rings. The van der Waals surface area contributed by atoms with Crippen LogP contribution in [0.5, 0.6) is 0 Å². The van der Waals surface area contributed by atoms with Crippen LogP contribution < -0.4 is 5.73 Å². The van der Waals surface area contributed by atoms with Gasteiger partial charge in [0.05, 0.1) is 12.1 Å². The van der Waals surface area contributed by atoms with Crippen LogP contribution >= 0.6 is 15.9 Å². The standard InChI is InChI=1S/C11H14BrF2NO/c1-2-3-9(16)11(15)10-7(13)4-6(12)5-8(10)14/h4-5,9,11,16H,2-3,15H2,1H3/t9-,11-/m0/s1. The van der Waals surface area contributed by atoms with Gasteiger partial charge in [-0.25, -0.2) is 8.78 Å². The maximum atomic E-state index is 13.5. The van der Waals surface area contributed by atoms with Crippen LogP contribution in [0.3, 0.4) is 0 Å². The van der Waals surface area contributed by atoms with Crippen LogP contribution in [-0.4, -0.2) is 11.2 Å². The molecule has 0 aliphatic heterocycles. The van der Waals surface area contributed by atoms with E-state index in [0.29, 0.717) is 17.3 Å². The molecule has 1 aromatic carbocycles. The van der Waals surface area contributed by atoms with E-state index < -0.39 is 23.8 Å². The summed E-state index contributed by atoms with van der Waals surface area (Å²) in [5, 5.41) is 9.62. The number of nitrogens with two attached hydrogens (primary N) is 1. The summed E-state index contributed by atoms with van der Waals surface area (Å²) in [6, 6.07) is 1.24. The van der Waals surface area contributed by atoms with Crippen LogP contribution in [-0.2, 0) is 0 Å². The molecule has 0 heterocycles. The van der Waals surface area contributed by atoms with E-state index in [1.54, 1.807) is 0 Å². The molecule has 90 valence electrons. The molecule has 0 saturated heterocycles. The normalized spacial score (nSPS) is 14.9. The van der Waals surface area contributed by atoms with Crippen molar-refractivity contribution in [1.82, 2.24) is 0 Å². The van der Waals surface area contributed by atoms with Gasteiger partial charge in [0.1, 0.15) is 11.6 Å². The lowest BCUT2D eigenvalue weighted by Gasteiger charge is -2.19. The Bertz CT molecular complexity index is 350. The van der Waals surface area contributed by atoms with Gasteiger partial charge in [0.15, 0.2) is 0 Å². The van der Waals surface area contributed by atoms with Gasteiger partial charge in [-0.05, 0) is 18.6 Å². The van der Waals surface area contributed by atoms with Gasteiger partial charge < -0.3 is 10.8 Å². The molecular formula is C11H14BrF2NO. The first-order chi connectivity index (χ1) is 7.47. The molecule has 0 spiro atoms. The first kappa shape index (κ1) is 13.5. The van der Waals surface area contributed by atoms with Crippen molar-refractivity contribution in [2.75, 3.05) is 0 Å². The topological polar surface area (TPSA) is 46.2 Å². The third-order valence-electron chi connectivity index (χ3n) is 2.38. The zero-order valence-electron chi connectivity index (χ0n) is 8.88. The molecule has 0 unspecified atom stereocenters. The zero-order chi connectivity index (χ0) is 12.3. The molecule has 2 atom stereocenters. The van der Waals surface area contributed by atoms with Gasteiger partial charge in [0.25, 0.3) is 0 Å². The molecule has 0 aromatic heterocycles. The van der Waals surface area contributed by atoms with Gasteiger partial charge >= 0.3 is 0 Å². The highest BCUT2D eigenvalue weighted by molar-refractivity contribution is 9.10. The minimum atomic E-state index is -1.03. The molecule has 16 heavy (non-hydrogen) atoms. The fourth-order valence-electron chi connectivity index (χ4n) is 1.54. The summed E-state index contributed by atoms with van der Waals surface area (Å²) in [4.78, 5) is 0. The van der Waals surface area contributed by atoms with Crippen LogP contribution in [0.15, 0.2) is 16.6 Å². The Morgan fingerprint density at radius 1 is 1.38 bits per heavy atom. The van der Waals surface area contributed by atoms with E-state index in [1.165, 1.54) is 0 Å². The average Bonchev–Trinajstić information content (AvgIpc) is 2.16. The van der Waals surface area contributed by atoms with E-state index in [4.69, 9.17) is 5.73 Å². The molecule has 0 amide bonds. The van der Waals surface area contributed by atoms with Crippen LogP contribution in [0.2, 0.25) is 0 Å². The Morgan fingerprint density at radius 2 is 1.88 bits per heavy atom. The van der Waals surface area contributed by atoms with E-state index >= 15 is 0 Å². The highest BCUT2D eigenvalue weighted by Crippen LogP contribution is 2.26. The lowest BCUT2D eigenvalue weighted by atomic mass is 9.98. The second-order valence-electron chi connectivity index (χ2n) is 3.66. The molecule has 2 nitrogen and oxygen atoms in total. The average molecular weight is 294 g/mol. The number of aliphatic hydroxyl groups excluding tert-OH is 1. The molecule has 0 fully saturated rings. The molecular weight excluding hydrogens is 280 g/mol. The van der Waals surface area contributed by atoms with Gasteiger partial charge in [-0.2, -0.15) is 0 Å². The summed E-state index contributed by atoms with van der Waals surface area (Å²) < 4.78 is 27.3. The molecule has 1 rings (SSSR count). The lowest BCUT2D eigenvalue weighted by Crippen LogP contribution is -2.28. The maximum Gasteiger partial charge on any atom is 0.132 e. The fourth-order valence-corrected chi connectivity index (χ4v) is 1.94. The van der Waals surface area contributed by atoms with E-state index in [0.717, 1.165) is 12.1 Å². The van der Waals surface area contributed by atoms with E-state index in [9.17, 15) is 13.9 Å². The Kier molecular flexibility index (Phi) is 4.83. The van der Waals surface area contributed by atoms with Crippen molar-refractivity contribution < 1.29 is 13.9 Å². The van der Waals surface area contributed by atoms with Crippen molar-refractivity contribution in [1.29, 1.82) is 0 Å².